The highest BCUT2D eigenvalue weighted by molar-refractivity contribution is 14.0. The molecule has 0 aliphatic carbocycles. The van der Waals surface area contributed by atoms with Crippen LogP contribution in [0.1, 0.15) is 37.6 Å². The summed E-state index contributed by atoms with van der Waals surface area (Å²) < 4.78 is 31.6. The van der Waals surface area contributed by atoms with Crippen LogP contribution < -0.4 is 5.32 Å². The Kier molecular flexibility index (Phi) is 9.53. The number of piperazine rings is 1. The Hall–Kier alpha value is -1.66. The molecule has 178 valence electrons. The normalized spacial score (nSPS) is 16.0. The van der Waals surface area contributed by atoms with Gasteiger partial charge in [-0.25, -0.2) is 8.42 Å². The molecule has 0 atom stereocenters. The maximum Gasteiger partial charge on any atom is 0.220 e. The molecule has 8 nitrogen and oxygen atoms in total. The zero-order valence-electron chi connectivity index (χ0n) is 19.2. The summed E-state index contributed by atoms with van der Waals surface area (Å²) in [6, 6.07) is 10.2. The van der Waals surface area contributed by atoms with Crippen molar-refractivity contribution < 1.29 is 12.9 Å². The minimum Gasteiger partial charge on any atom is -0.364 e. The summed E-state index contributed by atoms with van der Waals surface area (Å²) in [5.74, 6) is 0.693. The number of benzene rings is 1. The van der Waals surface area contributed by atoms with E-state index in [2.05, 4.69) is 60.4 Å². The van der Waals surface area contributed by atoms with Gasteiger partial charge in [0.05, 0.1) is 12.2 Å². The van der Waals surface area contributed by atoms with Gasteiger partial charge in [0.2, 0.25) is 10.0 Å². The first kappa shape index (κ1) is 26.6. The van der Waals surface area contributed by atoms with Gasteiger partial charge in [0, 0.05) is 44.2 Å². The van der Waals surface area contributed by atoms with Crippen LogP contribution in [0.15, 0.2) is 46.1 Å². The van der Waals surface area contributed by atoms with Crippen LogP contribution in [0.3, 0.4) is 0 Å². The summed E-state index contributed by atoms with van der Waals surface area (Å²) in [5, 5.41) is 7.08. The molecule has 1 aliphatic heterocycles. The number of nitrogens with zero attached hydrogens (tertiary/aromatic N) is 4. The number of nitrogens with one attached hydrogen (secondary N) is 1. The fraction of sp³-hybridized carbons (Fsp3) is 0.545. The molecule has 3 rings (SSSR count). The van der Waals surface area contributed by atoms with Crippen molar-refractivity contribution in [1.82, 2.24) is 19.7 Å². The number of aryl methyl sites for hydroxylation is 1. The number of aliphatic imine (C=N–C) groups is 1. The third-order valence-electron chi connectivity index (χ3n) is 5.55. The third-order valence-corrected chi connectivity index (χ3v) is 7.36. The Morgan fingerprint density at radius 2 is 1.81 bits per heavy atom. The van der Waals surface area contributed by atoms with E-state index in [0.29, 0.717) is 38.4 Å². The van der Waals surface area contributed by atoms with Gasteiger partial charge in [-0.2, -0.15) is 4.31 Å². The smallest absolute Gasteiger partial charge is 0.220 e. The van der Waals surface area contributed by atoms with Crippen molar-refractivity contribution >= 4 is 40.0 Å². The maximum atomic E-state index is 12.7. The van der Waals surface area contributed by atoms with Gasteiger partial charge in [0.1, 0.15) is 12.0 Å². The zero-order chi connectivity index (χ0) is 22.5. The molecule has 0 saturated carbocycles. The quantitative estimate of drug-likeness (QED) is 0.310. The Morgan fingerprint density at radius 3 is 2.38 bits per heavy atom. The molecule has 10 heteroatoms. The van der Waals surface area contributed by atoms with Gasteiger partial charge in [-0.15, -0.1) is 24.0 Å². The molecule has 2 aromatic rings. The molecule has 0 bridgehead atoms. The zero-order valence-corrected chi connectivity index (χ0v) is 22.4. The molecule has 1 aromatic heterocycles. The van der Waals surface area contributed by atoms with E-state index in [1.54, 1.807) is 6.07 Å². The van der Waals surface area contributed by atoms with E-state index in [1.807, 2.05) is 6.92 Å². The van der Waals surface area contributed by atoms with Crippen LogP contribution >= 0.6 is 24.0 Å². The lowest BCUT2D eigenvalue weighted by atomic mass is 9.84. The van der Waals surface area contributed by atoms with Crippen LogP contribution in [0.25, 0.3) is 0 Å². The van der Waals surface area contributed by atoms with E-state index in [0.717, 1.165) is 12.5 Å². The fourth-order valence-corrected chi connectivity index (χ4v) is 4.99. The first-order valence-corrected chi connectivity index (χ1v) is 12.3. The van der Waals surface area contributed by atoms with Crippen molar-refractivity contribution in [1.29, 1.82) is 0 Å². The molecule has 0 spiro atoms. The predicted molar refractivity (Wildman–Crippen MR) is 138 cm³/mol. The third kappa shape index (κ3) is 6.92. The summed E-state index contributed by atoms with van der Waals surface area (Å²) in [7, 11) is -3.42. The molecule has 0 amide bonds. The molecule has 2 heterocycles. The highest BCUT2D eigenvalue weighted by Crippen LogP contribution is 2.24. The van der Waals surface area contributed by atoms with Crippen molar-refractivity contribution in [3.8, 4) is 0 Å². The highest BCUT2D eigenvalue weighted by atomic mass is 127. The lowest BCUT2D eigenvalue weighted by Gasteiger charge is -2.36. The number of hydrogen-bond acceptors (Lipinski definition) is 5. The van der Waals surface area contributed by atoms with Crippen molar-refractivity contribution in [3.05, 3.63) is 53.4 Å². The molecule has 1 fully saturated rings. The Balaban J connectivity index is 0.00000363. The minimum atomic E-state index is -3.42. The summed E-state index contributed by atoms with van der Waals surface area (Å²) in [4.78, 5) is 7.03. The van der Waals surface area contributed by atoms with Crippen molar-refractivity contribution in [2.24, 2.45) is 4.99 Å². The topological polar surface area (TPSA) is 91.0 Å². The molecule has 1 N–H and O–H groups in total. The van der Waals surface area contributed by atoms with Gasteiger partial charge in [0.15, 0.2) is 5.96 Å². The Bertz CT molecular complexity index is 968. The molecule has 32 heavy (non-hydrogen) atoms. The second-order valence-corrected chi connectivity index (χ2v) is 10.5. The number of guanidine groups is 1. The first-order chi connectivity index (χ1) is 14.7. The fourth-order valence-electron chi connectivity index (χ4n) is 3.56. The van der Waals surface area contributed by atoms with Crippen molar-refractivity contribution in [2.75, 3.05) is 39.3 Å². The maximum absolute atomic E-state index is 12.7. The van der Waals surface area contributed by atoms with Gasteiger partial charge in [-0.3, -0.25) is 4.99 Å². The SMILES string of the molecule is CCNC(=NCC(C)(C)c1ccc(C)cc1)N1CCN(S(=O)(=O)Cc2ccon2)CC1.I. The Morgan fingerprint density at radius 1 is 1.16 bits per heavy atom. The molecular weight excluding hydrogens is 541 g/mol. The van der Waals surface area contributed by atoms with E-state index >= 15 is 0 Å². The molecular formula is C22H34IN5O3S. The van der Waals surface area contributed by atoms with E-state index in [4.69, 9.17) is 9.52 Å². The highest BCUT2D eigenvalue weighted by Gasteiger charge is 2.29. The van der Waals surface area contributed by atoms with Crippen LogP contribution in [0.4, 0.5) is 0 Å². The first-order valence-electron chi connectivity index (χ1n) is 10.7. The van der Waals surface area contributed by atoms with Crippen LogP contribution in [-0.2, 0) is 21.2 Å². The second kappa shape index (κ2) is 11.5. The monoisotopic (exact) mass is 575 g/mol. The largest absolute Gasteiger partial charge is 0.364 e. The van der Waals surface area contributed by atoms with Crippen molar-refractivity contribution in [3.63, 3.8) is 0 Å². The van der Waals surface area contributed by atoms with E-state index in [-0.39, 0.29) is 35.1 Å². The number of halogens is 1. The molecule has 1 aromatic carbocycles. The summed E-state index contributed by atoms with van der Waals surface area (Å²) in [6.07, 6.45) is 1.39. The molecule has 1 aliphatic rings. The minimum absolute atomic E-state index is 0. The van der Waals surface area contributed by atoms with E-state index in [9.17, 15) is 8.42 Å². The van der Waals surface area contributed by atoms with Crippen molar-refractivity contribution in [2.45, 2.75) is 38.9 Å². The van der Waals surface area contributed by atoms with Crippen LogP contribution in [0.5, 0.6) is 0 Å². The van der Waals surface area contributed by atoms with Gasteiger partial charge in [-0.1, -0.05) is 48.8 Å². The van der Waals surface area contributed by atoms with E-state index in [1.165, 1.54) is 21.7 Å². The number of aromatic nitrogens is 1. The van der Waals surface area contributed by atoms with Gasteiger partial charge in [-0.05, 0) is 19.4 Å². The van der Waals surface area contributed by atoms with Gasteiger partial charge in [0.25, 0.3) is 0 Å². The molecule has 0 radical (unpaired) electrons. The lowest BCUT2D eigenvalue weighted by Crippen LogP contribution is -2.54. The standard InChI is InChI=1S/C22H33N5O3S.HI/c1-5-23-21(24-17-22(3,4)19-8-6-18(2)7-9-19)26-11-13-27(14-12-26)31(28,29)16-20-10-15-30-25-20;/h6-10,15H,5,11-14,16-17H2,1-4H3,(H,23,24);1H. The predicted octanol–water partition coefficient (Wildman–Crippen LogP) is 2.99. The average molecular weight is 576 g/mol. The van der Waals surface area contributed by atoms with Gasteiger partial charge < -0.3 is 14.7 Å². The lowest BCUT2D eigenvalue weighted by molar-refractivity contribution is 0.259. The van der Waals surface area contributed by atoms with Gasteiger partial charge >= 0.3 is 0 Å². The molecule has 0 unspecified atom stereocenters. The number of sulfonamides is 1. The summed E-state index contributed by atoms with van der Waals surface area (Å²) >= 11 is 0. The molecule has 1 saturated heterocycles. The Labute approximate surface area is 208 Å². The van der Waals surface area contributed by atoms with Crippen LogP contribution in [0, 0.1) is 6.92 Å². The number of rotatable bonds is 7. The van der Waals surface area contributed by atoms with Crippen LogP contribution in [0.2, 0.25) is 0 Å². The summed E-state index contributed by atoms with van der Waals surface area (Å²) in [5.41, 5.74) is 2.82. The van der Waals surface area contributed by atoms with Crippen LogP contribution in [-0.4, -0.2) is 68.0 Å². The second-order valence-electron chi connectivity index (χ2n) is 8.55. The number of hydrogen-bond donors (Lipinski definition) is 1. The average Bonchev–Trinajstić information content (AvgIpc) is 3.24. The summed E-state index contributed by atoms with van der Waals surface area (Å²) in [6.45, 7) is 11.9. The van der Waals surface area contributed by atoms with E-state index < -0.39 is 10.0 Å².